The van der Waals surface area contributed by atoms with Crippen molar-refractivity contribution in [2.45, 2.75) is 32.7 Å². The second-order valence-electron chi connectivity index (χ2n) is 3.96. The molecule has 1 aromatic heterocycles. The minimum absolute atomic E-state index is 0.00719. The van der Waals surface area contributed by atoms with Gasteiger partial charge >= 0.3 is 0 Å². The number of pyridine rings is 1. The maximum atomic E-state index is 5.99. The third-order valence-electron chi connectivity index (χ3n) is 2.20. The molecule has 0 unspecified atom stereocenters. The number of hydrogen-bond donors (Lipinski definition) is 2. The lowest BCUT2D eigenvalue weighted by atomic mass is 10.0. The number of anilines is 2. The van der Waals surface area contributed by atoms with E-state index >= 15 is 0 Å². The Balaban J connectivity index is 2.87. The smallest absolute Gasteiger partial charge is 0.145 e. The molecule has 0 aliphatic carbocycles. The monoisotopic (exact) mass is 213 g/mol. The van der Waals surface area contributed by atoms with Gasteiger partial charge in [0.05, 0.1) is 16.9 Å². The van der Waals surface area contributed by atoms with Crippen LogP contribution in [0.2, 0.25) is 5.02 Å². The second-order valence-corrected chi connectivity index (χ2v) is 4.37. The third kappa shape index (κ3) is 2.77. The van der Waals surface area contributed by atoms with E-state index in [0.717, 1.165) is 6.42 Å². The van der Waals surface area contributed by atoms with E-state index in [2.05, 4.69) is 31.1 Å². The molecule has 1 rings (SSSR count). The van der Waals surface area contributed by atoms with Gasteiger partial charge in [0, 0.05) is 5.54 Å². The molecule has 0 saturated carbocycles. The second kappa shape index (κ2) is 4.05. The van der Waals surface area contributed by atoms with E-state index < -0.39 is 0 Å². The molecule has 14 heavy (non-hydrogen) atoms. The Labute approximate surface area is 89.7 Å². The van der Waals surface area contributed by atoms with Crippen molar-refractivity contribution in [3.8, 4) is 0 Å². The third-order valence-corrected chi connectivity index (χ3v) is 2.49. The molecule has 0 bridgehead atoms. The Morgan fingerprint density at radius 3 is 2.71 bits per heavy atom. The minimum Gasteiger partial charge on any atom is -0.397 e. The van der Waals surface area contributed by atoms with Crippen LogP contribution in [0.4, 0.5) is 11.5 Å². The van der Waals surface area contributed by atoms with Crippen LogP contribution in [0.3, 0.4) is 0 Å². The lowest BCUT2D eigenvalue weighted by Crippen LogP contribution is -2.30. The number of rotatable bonds is 3. The van der Waals surface area contributed by atoms with Gasteiger partial charge in [-0.15, -0.1) is 0 Å². The zero-order valence-electron chi connectivity index (χ0n) is 8.76. The Kier molecular flexibility index (Phi) is 3.21. The van der Waals surface area contributed by atoms with Crippen molar-refractivity contribution in [2.75, 3.05) is 11.1 Å². The van der Waals surface area contributed by atoms with Crippen LogP contribution in [0, 0.1) is 0 Å². The summed E-state index contributed by atoms with van der Waals surface area (Å²) in [6.45, 7) is 6.31. The summed E-state index contributed by atoms with van der Waals surface area (Å²) in [6.07, 6.45) is 2.59. The summed E-state index contributed by atoms with van der Waals surface area (Å²) in [7, 11) is 0. The summed E-state index contributed by atoms with van der Waals surface area (Å²) < 4.78 is 0. The fraction of sp³-hybridized carbons (Fsp3) is 0.500. The van der Waals surface area contributed by atoms with Crippen LogP contribution in [0.15, 0.2) is 12.3 Å². The molecule has 0 aromatic carbocycles. The molecular weight excluding hydrogens is 198 g/mol. The molecule has 0 aliphatic heterocycles. The summed E-state index contributed by atoms with van der Waals surface area (Å²) in [5.41, 5.74) is 6.12. The molecule has 1 heterocycles. The molecule has 0 spiro atoms. The van der Waals surface area contributed by atoms with Gasteiger partial charge in [-0.3, -0.25) is 0 Å². The van der Waals surface area contributed by atoms with Gasteiger partial charge in [0.15, 0.2) is 0 Å². The van der Waals surface area contributed by atoms with E-state index in [9.17, 15) is 0 Å². The Hall–Kier alpha value is -0.960. The van der Waals surface area contributed by atoms with Crippen LogP contribution in [0.5, 0.6) is 0 Å². The molecule has 0 radical (unpaired) electrons. The molecular formula is C10H16ClN3. The SMILES string of the molecule is CCC(C)(C)Nc1ncc(N)cc1Cl. The van der Waals surface area contributed by atoms with Crippen molar-refractivity contribution in [3.63, 3.8) is 0 Å². The summed E-state index contributed by atoms with van der Waals surface area (Å²) in [4.78, 5) is 4.14. The van der Waals surface area contributed by atoms with E-state index in [4.69, 9.17) is 17.3 Å². The molecule has 0 fully saturated rings. The zero-order chi connectivity index (χ0) is 10.8. The first-order valence-electron chi connectivity index (χ1n) is 4.64. The van der Waals surface area contributed by atoms with Gasteiger partial charge in [-0.05, 0) is 26.3 Å². The van der Waals surface area contributed by atoms with E-state index in [1.807, 2.05) is 0 Å². The quantitative estimate of drug-likeness (QED) is 0.812. The van der Waals surface area contributed by atoms with Crippen LogP contribution in [-0.2, 0) is 0 Å². The number of nitrogens with one attached hydrogen (secondary N) is 1. The van der Waals surface area contributed by atoms with Crippen molar-refractivity contribution in [1.29, 1.82) is 0 Å². The molecule has 0 saturated heterocycles. The number of halogens is 1. The van der Waals surface area contributed by atoms with Gasteiger partial charge < -0.3 is 11.1 Å². The first-order valence-corrected chi connectivity index (χ1v) is 5.01. The van der Waals surface area contributed by atoms with Gasteiger partial charge in [-0.2, -0.15) is 0 Å². The molecule has 0 atom stereocenters. The average Bonchev–Trinajstić information content (AvgIpc) is 2.10. The van der Waals surface area contributed by atoms with Gasteiger partial charge in [0.2, 0.25) is 0 Å². The predicted molar refractivity (Wildman–Crippen MR) is 61.7 cm³/mol. The largest absolute Gasteiger partial charge is 0.397 e. The van der Waals surface area contributed by atoms with Crippen molar-refractivity contribution in [3.05, 3.63) is 17.3 Å². The Bertz CT molecular complexity index is 323. The molecule has 0 amide bonds. The van der Waals surface area contributed by atoms with E-state index in [1.165, 1.54) is 0 Å². The average molecular weight is 214 g/mol. The van der Waals surface area contributed by atoms with Crippen molar-refractivity contribution >= 4 is 23.1 Å². The van der Waals surface area contributed by atoms with Crippen LogP contribution in [-0.4, -0.2) is 10.5 Å². The van der Waals surface area contributed by atoms with Gasteiger partial charge in [-0.25, -0.2) is 4.98 Å². The van der Waals surface area contributed by atoms with Crippen molar-refractivity contribution < 1.29 is 0 Å². The van der Waals surface area contributed by atoms with Gasteiger partial charge in [0.25, 0.3) is 0 Å². The fourth-order valence-electron chi connectivity index (χ4n) is 0.954. The summed E-state index contributed by atoms with van der Waals surface area (Å²) >= 11 is 5.99. The van der Waals surface area contributed by atoms with Gasteiger partial charge in [-0.1, -0.05) is 18.5 Å². The molecule has 4 heteroatoms. The predicted octanol–water partition coefficient (Wildman–Crippen LogP) is 2.92. The molecule has 3 N–H and O–H groups in total. The summed E-state index contributed by atoms with van der Waals surface area (Å²) in [5.74, 6) is 0.688. The summed E-state index contributed by atoms with van der Waals surface area (Å²) in [6, 6.07) is 1.70. The van der Waals surface area contributed by atoms with Crippen LogP contribution >= 0.6 is 11.6 Å². The number of hydrogen-bond acceptors (Lipinski definition) is 3. The highest BCUT2D eigenvalue weighted by atomic mass is 35.5. The van der Waals surface area contributed by atoms with Crippen molar-refractivity contribution in [2.24, 2.45) is 0 Å². The Morgan fingerprint density at radius 1 is 1.57 bits per heavy atom. The topological polar surface area (TPSA) is 50.9 Å². The standard InChI is InChI=1S/C10H16ClN3/c1-4-10(2,3)14-9-8(11)5-7(12)6-13-9/h5-6H,4,12H2,1-3H3,(H,13,14). The van der Waals surface area contributed by atoms with Crippen LogP contribution in [0.25, 0.3) is 0 Å². The van der Waals surface area contributed by atoms with Crippen molar-refractivity contribution in [1.82, 2.24) is 4.98 Å². The molecule has 0 aliphatic rings. The van der Waals surface area contributed by atoms with Gasteiger partial charge in [0.1, 0.15) is 5.82 Å². The highest BCUT2D eigenvalue weighted by Crippen LogP contribution is 2.25. The lowest BCUT2D eigenvalue weighted by Gasteiger charge is -2.25. The van der Waals surface area contributed by atoms with Crippen LogP contribution < -0.4 is 11.1 Å². The molecule has 78 valence electrons. The number of aromatic nitrogens is 1. The summed E-state index contributed by atoms with van der Waals surface area (Å²) in [5, 5.41) is 3.83. The Morgan fingerprint density at radius 2 is 2.21 bits per heavy atom. The highest BCUT2D eigenvalue weighted by molar-refractivity contribution is 6.33. The first kappa shape index (κ1) is 11.1. The van der Waals surface area contributed by atoms with E-state index in [0.29, 0.717) is 16.5 Å². The highest BCUT2D eigenvalue weighted by Gasteiger charge is 2.16. The normalized spacial score (nSPS) is 11.4. The van der Waals surface area contributed by atoms with E-state index in [1.54, 1.807) is 12.3 Å². The fourth-order valence-corrected chi connectivity index (χ4v) is 1.18. The van der Waals surface area contributed by atoms with E-state index in [-0.39, 0.29) is 5.54 Å². The number of nitrogen functional groups attached to an aromatic ring is 1. The number of nitrogens with two attached hydrogens (primary N) is 1. The first-order chi connectivity index (χ1) is 6.44. The number of nitrogens with zero attached hydrogens (tertiary/aromatic N) is 1. The lowest BCUT2D eigenvalue weighted by molar-refractivity contribution is 0.545. The molecule has 3 nitrogen and oxygen atoms in total. The maximum Gasteiger partial charge on any atom is 0.145 e. The molecule has 1 aromatic rings. The maximum absolute atomic E-state index is 5.99. The van der Waals surface area contributed by atoms with Crippen LogP contribution in [0.1, 0.15) is 27.2 Å². The zero-order valence-corrected chi connectivity index (χ0v) is 9.52. The minimum atomic E-state index is -0.00719.